The van der Waals surface area contributed by atoms with Crippen molar-refractivity contribution in [2.75, 3.05) is 52.4 Å². The van der Waals surface area contributed by atoms with Crippen LogP contribution in [0.15, 0.2) is 0 Å². The van der Waals surface area contributed by atoms with E-state index >= 15 is 0 Å². The molecular weight excluding hydrogens is 368 g/mol. The Balaban J connectivity index is 1.47. The summed E-state index contributed by atoms with van der Waals surface area (Å²) < 4.78 is 0. The summed E-state index contributed by atoms with van der Waals surface area (Å²) in [5, 5.41) is 0. The molecule has 3 fully saturated rings. The lowest BCUT2D eigenvalue weighted by molar-refractivity contribution is -0.143. The summed E-state index contributed by atoms with van der Waals surface area (Å²) in [4.78, 5) is 46.1. The van der Waals surface area contributed by atoms with E-state index in [9.17, 15) is 14.4 Å². The minimum atomic E-state index is -0.109. The largest absolute Gasteiger partial charge is 0.342 e. The van der Waals surface area contributed by atoms with E-state index in [0.29, 0.717) is 26.1 Å². The standard InChI is InChI=1S/C22H38N4O3/c1-3-8-20(27)26-12-7-9-19(17-26)22(29)25-15-13-23(14-16-25)18(2)21(28)24-10-5-4-6-11-24/h18-19H,3-17H2,1-2H3. The summed E-state index contributed by atoms with van der Waals surface area (Å²) in [5.41, 5.74) is 0. The molecule has 0 aromatic heterocycles. The Morgan fingerprint density at radius 2 is 1.48 bits per heavy atom. The van der Waals surface area contributed by atoms with E-state index < -0.39 is 0 Å². The zero-order chi connectivity index (χ0) is 20.8. The Morgan fingerprint density at radius 1 is 0.828 bits per heavy atom. The lowest BCUT2D eigenvalue weighted by Crippen LogP contribution is -2.57. The van der Waals surface area contributed by atoms with Gasteiger partial charge in [0.05, 0.1) is 12.0 Å². The molecule has 3 saturated heterocycles. The van der Waals surface area contributed by atoms with Crippen LogP contribution >= 0.6 is 0 Å². The van der Waals surface area contributed by atoms with Gasteiger partial charge in [-0.15, -0.1) is 0 Å². The van der Waals surface area contributed by atoms with Crippen molar-refractivity contribution in [2.45, 2.75) is 64.8 Å². The fourth-order valence-electron chi connectivity index (χ4n) is 4.90. The normalized spacial score (nSPS) is 25.0. The van der Waals surface area contributed by atoms with Crippen molar-refractivity contribution in [3.05, 3.63) is 0 Å². The second-order valence-electron chi connectivity index (χ2n) is 8.85. The predicted octanol–water partition coefficient (Wildman–Crippen LogP) is 1.57. The highest BCUT2D eigenvalue weighted by Gasteiger charge is 2.34. The Bertz CT molecular complexity index is 583. The van der Waals surface area contributed by atoms with E-state index in [-0.39, 0.29) is 29.7 Å². The molecule has 0 aromatic carbocycles. The summed E-state index contributed by atoms with van der Waals surface area (Å²) in [7, 11) is 0. The molecular formula is C22H38N4O3. The molecule has 3 heterocycles. The fraction of sp³-hybridized carbons (Fsp3) is 0.864. The van der Waals surface area contributed by atoms with Crippen LogP contribution in [-0.2, 0) is 14.4 Å². The molecule has 2 unspecified atom stereocenters. The maximum absolute atomic E-state index is 13.0. The zero-order valence-electron chi connectivity index (χ0n) is 18.3. The molecule has 164 valence electrons. The Labute approximate surface area is 175 Å². The van der Waals surface area contributed by atoms with Gasteiger partial charge in [-0.05, 0) is 45.4 Å². The summed E-state index contributed by atoms with van der Waals surface area (Å²) >= 11 is 0. The van der Waals surface area contributed by atoms with Gasteiger partial charge in [0.25, 0.3) is 0 Å². The minimum absolute atomic E-state index is 0.0662. The predicted molar refractivity (Wildman–Crippen MR) is 112 cm³/mol. The molecule has 7 heteroatoms. The van der Waals surface area contributed by atoms with Gasteiger partial charge in [-0.1, -0.05) is 6.92 Å². The van der Waals surface area contributed by atoms with Crippen molar-refractivity contribution < 1.29 is 14.4 Å². The van der Waals surface area contributed by atoms with E-state index in [2.05, 4.69) is 4.90 Å². The quantitative estimate of drug-likeness (QED) is 0.695. The second-order valence-corrected chi connectivity index (χ2v) is 8.85. The number of rotatable bonds is 5. The summed E-state index contributed by atoms with van der Waals surface area (Å²) in [6.45, 7) is 10.00. The van der Waals surface area contributed by atoms with Gasteiger partial charge in [0.2, 0.25) is 17.7 Å². The number of piperidine rings is 2. The monoisotopic (exact) mass is 406 g/mol. The van der Waals surface area contributed by atoms with E-state index in [0.717, 1.165) is 64.8 Å². The first-order chi connectivity index (χ1) is 14.0. The third kappa shape index (κ3) is 5.50. The molecule has 0 aromatic rings. The van der Waals surface area contributed by atoms with Gasteiger partial charge in [-0.25, -0.2) is 0 Å². The molecule has 0 bridgehead atoms. The average molecular weight is 407 g/mol. The van der Waals surface area contributed by atoms with Crippen LogP contribution in [0.4, 0.5) is 0 Å². The topological polar surface area (TPSA) is 64.2 Å². The van der Waals surface area contributed by atoms with Crippen molar-refractivity contribution in [3.63, 3.8) is 0 Å². The zero-order valence-corrected chi connectivity index (χ0v) is 18.3. The van der Waals surface area contributed by atoms with E-state index in [1.807, 2.05) is 28.5 Å². The van der Waals surface area contributed by atoms with Crippen LogP contribution in [0.3, 0.4) is 0 Å². The van der Waals surface area contributed by atoms with Crippen LogP contribution in [0.25, 0.3) is 0 Å². The molecule has 3 aliphatic rings. The van der Waals surface area contributed by atoms with Crippen LogP contribution in [0.2, 0.25) is 0 Å². The first-order valence-corrected chi connectivity index (χ1v) is 11.6. The highest BCUT2D eigenvalue weighted by molar-refractivity contribution is 5.82. The Hall–Kier alpha value is -1.63. The highest BCUT2D eigenvalue weighted by Crippen LogP contribution is 2.21. The molecule has 0 N–H and O–H groups in total. The van der Waals surface area contributed by atoms with Gasteiger partial charge < -0.3 is 14.7 Å². The minimum Gasteiger partial charge on any atom is -0.342 e. The highest BCUT2D eigenvalue weighted by atomic mass is 16.2. The number of amides is 3. The number of hydrogen-bond acceptors (Lipinski definition) is 4. The average Bonchev–Trinajstić information content (AvgIpc) is 2.78. The molecule has 7 nitrogen and oxygen atoms in total. The van der Waals surface area contributed by atoms with Gasteiger partial charge in [0.15, 0.2) is 0 Å². The van der Waals surface area contributed by atoms with E-state index in [4.69, 9.17) is 0 Å². The van der Waals surface area contributed by atoms with Crippen molar-refractivity contribution in [1.29, 1.82) is 0 Å². The van der Waals surface area contributed by atoms with Crippen molar-refractivity contribution in [3.8, 4) is 0 Å². The maximum atomic E-state index is 13.0. The van der Waals surface area contributed by atoms with E-state index in [1.165, 1.54) is 6.42 Å². The molecule has 0 spiro atoms. The van der Waals surface area contributed by atoms with Crippen LogP contribution in [-0.4, -0.2) is 95.7 Å². The van der Waals surface area contributed by atoms with Crippen LogP contribution in [0.1, 0.15) is 58.8 Å². The fourth-order valence-corrected chi connectivity index (χ4v) is 4.90. The molecule has 3 aliphatic heterocycles. The summed E-state index contributed by atoms with van der Waals surface area (Å²) in [6.07, 6.45) is 6.65. The molecule has 29 heavy (non-hydrogen) atoms. The molecule has 3 amide bonds. The molecule has 0 radical (unpaired) electrons. The second kappa shape index (κ2) is 10.4. The number of piperazine rings is 1. The van der Waals surface area contributed by atoms with Crippen molar-refractivity contribution in [2.24, 2.45) is 5.92 Å². The first-order valence-electron chi connectivity index (χ1n) is 11.6. The lowest BCUT2D eigenvalue weighted by atomic mass is 9.95. The lowest BCUT2D eigenvalue weighted by Gasteiger charge is -2.41. The Kier molecular flexibility index (Phi) is 7.92. The van der Waals surface area contributed by atoms with Crippen LogP contribution in [0.5, 0.6) is 0 Å². The van der Waals surface area contributed by atoms with Gasteiger partial charge in [0.1, 0.15) is 0 Å². The third-order valence-electron chi connectivity index (χ3n) is 6.79. The number of carbonyl (C=O) groups excluding carboxylic acids is 3. The molecule has 3 rings (SSSR count). The van der Waals surface area contributed by atoms with Crippen molar-refractivity contribution in [1.82, 2.24) is 19.6 Å². The van der Waals surface area contributed by atoms with Gasteiger partial charge >= 0.3 is 0 Å². The molecule has 0 saturated carbocycles. The smallest absolute Gasteiger partial charge is 0.239 e. The van der Waals surface area contributed by atoms with Gasteiger partial charge in [-0.2, -0.15) is 0 Å². The third-order valence-corrected chi connectivity index (χ3v) is 6.79. The number of carbonyl (C=O) groups is 3. The van der Waals surface area contributed by atoms with E-state index in [1.54, 1.807) is 0 Å². The molecule has 0 aliphatic carbocycles. The number of likely N-dealkylation sites (tertiary alicyclic amines) is 2. The van der Waals surface area contributed by atoms with Gasteiger partial charge in [0, 0.05) is 58.8 Å². The molecule has 2 atom stereocenters. The number of hydrogen-bond donors (Lipinski definition) is 0. The van der Waals surface area contributed by atoms with Gasteiger partial charge in [-0.3, -0.25) is 19.3 Å². The first kappa shape index (κ1) is 22.1. The SMILES string of the molecule is CCCC(=O)N1CCCC(C(=O)N2CCN(C(C)C(=O)N3CCCCC3)CC2)C1. The van der Waals surface area contributed by atoms with Crippen LogP contribution in [0, 0.1) is 5.92 Å². The maximum Gasteiger partial charge on any atom is 0.239 e. The number of nitrogens with zero attached hydrogens (tertiary/aromatic N) is 4. The van der Waals surface area contributed by atoms with Crippen LogP contribution < -0.4 is 0 Å². The summed E-state index contributed by atoms with van der Waals surface area (Å²) in [5.74, 6) is 0.541. The summed E-state index contributed by atoms with van der Waals surface area (Å²) in [6, 6.07) is -0.109. The Morgan fingerprint density at radius 3 is 2.14 bits per heavy atom. The van der Waals surface area contributed by atoms with Crippen molar-refractivity contribution >= 4 is 17.7 Å².